The van der Waals surface area contributed by atoms with Gasteiger partial charge in [0.2, 0.25) is 0 Å². The standard InChI is InChI=1S/C11H16N2O4/c1-3-13-10(14)8-4-6-12(11(15)16-2)7-5-9(8)17-13/h3-7H2,1-2H3. The molecule has 1 aromatic rings. The lowest BCUT2D eigenvalue weighted by Crippen LogP contribution is -2.33. The summed E-state index contributed by atoms with van der Waals surface area (Å²) in [7, 11) is 1.36. The average Bonchev–Trinajstić information content (AvgIpc) is 2.53. The molecule has 1 aliphatic heterocycles. The summed E-state index contributed by atoms with van der Waals surface area (Å²) in [6.07, 6.45) is 0.734. The highest BCUT2D eigenvalue weighted by molar-refractivity contribution is 5.67. The number of amides is 1. The number of hydrogen-bond donors (Lipinski definition) is 0. The van der Waals surface area contributed by atoms with Gasteiger partial charge in [0.05, 0.1) is 19.2 Å². The highest BCUT2D eigenvalue weighted by Crippen LogP contribution is 2.13. The van der Waals surface area contributed by atoms with E-state index >= 15 is 0 Å². The summed E-state index contributed by atoms with van der Waals surface area (Å²) in [6, 6.07) is 0. The monoisotopic (exact) mass is 240 g/mol. The van der Waals surface area contributed by atoms with E-state index in [1.165, 1.54) is 11.8 Å². The Labute approximate surface area is 98.7 Å². The van der Waals surface area contributed by atoms with Gasteiger partial charge in [-0.15, -0.1) is 0 Å². The zero-order valence-electron chi connectivity index (χ0n) is 10.1. The fourth-order valence-corrected chi connectivity index (χ4v) is 2.06. The Morgan fingerprint density at radius 2 is 2.12 bits per heavy atom. The number of hydrogen-bond acceptors (Lipinski definition) is 4. The molecule has 0 aliphatic carbocycles. The number of methoxy groups -OCH3 is 1. The van der Waals surface area contributed by atoms with Gasteiger partial charge in [-0.25, -0.2) is 4.79 Å². The van der Waals surface area contributed by atoms with Gasteiger partial charge in [-0.2, -0.15) is 4.74 Å². The molecule has 94 valence electrons. The molecule has 0 N–H and O–H groups in total. The van der Waals surface area contributed by atoms with Crippen LogP contribution in [0, 0.1) is 0 Å². The third-order valence-corrected chi connectivity index (χ3v) is 3.00. The SMILES string of the molecule is CCn1oc2c(c1=O)CCN(C(=O)OC)CC2. The summed E-state index contributed by atoms with van der Waals surface area (Å²) < 4.78 is 11.5. The highest BCUT2D eigenvalue weighted by atomic mass is 16.5. The molecule has 2 heterocycles. The van der Waals surface area contributed by atoms with E-state index in [9.17, 15) is 9.59 Å². The van der Waals surface area contributed by atoms with Crippen molar-refractivity contribution in [2.75, 3.05) is 20.2 Å². The van der Waals surface area contributed by atoms with Crippen LogP contribution in [0.4, 0.5) is 4.79 Å². The van der Waals surface area contributed by atoms with Crippen LogP contribution in [0.5, 0.6) is 0 Å². The molecule has 0 saturated carbocycles. The maximum absolute atomic E-state index is 11.9. The van der Waals surface area contributed by atoms with E-state index in [4.69, 9.17) is 4.52 Å². The second-order valence-electron chi connectivity index (χ2n) is 3.95. The normalized spacial score (nSPS) is 15.3. The molecule has 17 heavy (non-hydrogen) atoms. The molecule has 6 heteroatoms. The molecule has 0 aromatic carbocycles. The predicted molar refractivity (Wildman–Crippen MR) is 60.0 cm³/mol. The fourth-order valence-electron chi connectivity index (χ4n) is 2.06. The molecule has 0 bridgehead atoms. The summed E-state index contributed by atoms with van der Waals surface area (Å²) in [5, 5.41) is 0. The minimum absolute atomic E-state index is 0.0748. The second kappa shape index (κ2) is 4.65. The van der Waals surface area contributed by atoms with Gasteiger partial charge in [-0.05, 0) is 13.3 Å². The van der Waals surface area contributed by atoms with Crippen molar-refractivity contribution >= 4 is 6.09 Å². The number of aryl methyl sites for hydroxylation is 1. The van der Waals surface area contributed by atoms with Crippen LogP contribution >= 0.6 is 0 Å². The van der Waals surface area contributed by atoms with Crippen molar-refractivity contribution in [3.63, 3.8) is 0 Å². The van der Waals surface area contributed by atoms with Gasteiger partial charge in [-0.3, -0.25) is 4.79 Å². The lowest BCUT2D eigenvalue weighted by molar-refractivity contribution is 0.124. The van der Waals surface area contributed by atoms with Crippen molar-refractivity contribution in [3.8, 4) is 0 Å². The molecule has 0 spiro atoms. The third-order valence-electron chi connectivity index (χ3n) is 3.00. The van der Waals surface area contributed by atoms with Gasteiger partial charge in [0.1, 0.15) is 5.76 Å². The Hall–Kier alpha value is -1.72. The molecule has 0 atom stereocenters. The van der Waals surface area contributed by atoms with E-state index < -0.39 is 0 Å². The first-order valence-electron chi connectivity index (χ1n) is 5.72. The van der Waals surface area contributed by atoms with Gasteiger partial charge >= 0.3 is 6.09 Å². The van der Waals surface area contributed by atoms with Crippen molar-refractivity contribution in [2.45, 2.75) is 26.3 Å². The van der Waals surface area contributed by atoms with Crippen LogP contribution in [0.2, 0.25) is 0 Å². The molecule has 1 amide bonds. The lowest BCUT2D eigenvalue weighted by atomic mass is 10.2. The van der Waals surface area contributed by atoms with E-state index in [-0.39, 0.29) is 11.7 Å². The summed E-state index contributed by atoms with van der Waals surface area (Å²) in [5.74, 6) is 0.697. The summed E-state index contributed by atoms with van der Waals surface area (Å²) in [5.41, 5.74) is 0.618. The summed E-state index contributed by atoms with van der Waals surface area (Å²) >= 11 is 0. The van der Waals surface area contributed by atoms with Crippen LogP contribution in [0.1, 0.15) is 18.2 Å². The Morgan fingerprint density at radius 3 is 2.76 bits per heavy atom. The van der Waals surface area contributed by atoms with E-state index in [0.29, 0.717) is 43.8 Å². The van der Waals surface area contributed by atoms with Gasteiger partial charge in [0.15, 0.2) is 0 Å². The Balaban J connectivity index is 2.21. The molecule has 2 rings (SSSR count). The van der Waals surface area contributed by atoms with Gasteiger partial charge in [-0.1, -0.05) is 0 Å². The molecule has 6 nitrogen and oxygen atoms in total. The third kappa shape index (κ3) is 2.07. The van der Waals surface area contributed by atoms with Crippen LogP contribution in [0.15, 0.2) is 9.32 Å². The van der Waals surface area contributed by atoms with Crippen molar-refractivity contribution in [1.29, 1.82) is 0 Å². The number of carbonyl (C=O) groups is 1. The zero-order valence-corrected chi connectivity index (χ0v) is 10.1. The minimum atomic E-state index is -0.356. The van der Waals surface area contributed by atoms with Crippen molar-refractivity contribution in [2.24, 2.45) is 0 Å². The number of ether oxygens (including phenoxy) is 1. The summed E-state index contributed by atoms with van der Waals surface area (Å²) in [4.78, 5) is 24.9. The van der Waals surface area contributed by atoms with Gasteiger partial charge in [0.25, 0.3) is 5.56 Å². The van der Waals surface area contributed by atoms with Crippen LogP contribution in [0.3, 0.4) is 0 Å². The molecule has 1 aromatic heterocycles. The number of aromatic nitrogens is 1. The molecule has 0 radical (unpaired) electrons. The van der Waals surface area contributed by atoms with Crippen molar-refractivity contribution in [1.82, 2.24) is 9.64 Å². The van der Waals surface area contributed by atoms with Crippen LogP contribution in [0.25, 0.3) is 0 Å². The van der Waals surface area contributed by atoms with Gasteiger partial charge in [0, 0.05) is 19.5 Å². The van der Waals surface area contributed by atoms with Crippen LogP contribution in [-0.2, 0) is 24.1 Å². The van der Waals surface area contributed by atoms with Crippen molar-refractivity contribution < 1.29 is 14.1 Å². The number of nitrogens with zero attached hydrogens (tertiary/aromatic N) is 2. The Morgan fingerprint density at radius 1 is 1.41 bits per heavy atom. The molecular formula is C11H16N2O4. The minimum Gasteiger partial charge on any atom is -0.453 e. The molecule has 0 fully saturated rings. The average molecular weight is 240 g/mol. The van der Waals surface area contributed by atoms with E-state index in [1.807, 2.05) is 6.92 Å². The van der Waals surface area contributed by atoms with Crippen LogP contribution < -0.4 is 5.56 Å². The first-order chi connectivity index (χ1) is 8.17. The van der Waals surface area contributed by atoms with E-state index in [1.54, 1.807) is 4.90 Å². The lowest BCUT2D eigenvalue weighted by Gasteiger charge is -2.17. The molecular weight excluding hydrogens is 224 g/mol. The molecule has 0 saturated heterocycles. The largest absolute Gasteiger partial charge is 0.453 e. The van der Waals surface area contributed by atoms with Crippen molar-refractivity contribution in [3.05, 3.63) is 21.7 Å². The molecule has 0 unspecified atom stereocenters. The van der Waals surface area contributed by atoms with E-state index in [2.05, 4.69) is 4.74 Å². The quantitative estimate of drug-likeness (QED) is 0.722. The summed E-state index contributed by atoms with van der Waals surface area (Å²) in [6.45, 7) is 3.42. The smallest absolute Gasteiger partial charge is 0.409 e. The van der Waals surface area contributed by atoms with E-state index in [0.717, 1.165) is 0 Å². The van der Waals surface area contributed by atoms with Gasteiger partial charge < -0.3 is 14.2 Å². The second-order valence-corrected chi connectivity index (χ2v) is 3.95. The topological polar surface area (TPSA) is 64.7 Å². The Kier molecular flexibility index (Phi) is 3.21. The number of fused-ring (bicyclic) bond motifs is 1. The van der Waals surface area contributed by atoms with Crippen LogP contribution in [-0.4, -0.2) is 35.9 Å². The maximum Gasteiger partial charge on any atom is 0.409 e. The number of carbonyl (C=O) groups excluding carboxylic acids is 1. The first-order valence-corrected chi connectivity index (χ1v) is 5.72. The first kappa shape index (κ1) is 11.8. The predicted octanol–water partition coefficient (Wildman–Crippen LogP) is 0.628. The fraction of sp³-hybridized carbons (Fsp3) is 0.636. The number of rotatable bonds is 1. The molecule has 1 aliphatic rings. The highest BCUT2D eigenvalue weighted by Gasteiger charge is 2.24. The maximum atomic E-state index is 11.9. The Bertz CT molecular complexity index is 474. The zero-order chi connectivity index (χ0) is 12.4.